The lowest BCUT2D eigenvalue weighted by atomic mass is 10.1. The molecular weight excluding hydrogens is 653 g/mol. The van der Waals surface area contributed by atoms with Crippen LogP contribution < -0.4 is 20.4 Å². The van der Waals surface area contributed by atoms with Crippen molar-refractivity contribution in [3.63, 3.8) is 0 Å². The van der Waals surface area contributed by atoms with Crippen LogP contribution in [0.25, 0.3) is 34.0 Å². The first-order valence-electron chi connectivity index (χ1n) is 15.5. The fourth-order valence-electron chi connectivity index (χ4n) is 5.83. The summed E-state index contributed by atoms with van der Waals surface area (Å²) >= 11 is 1.84. The molecule has 0 saturated carbocycles. The van der Waals surface area contributed by atoms with Gasteiger partial charge in [-0.1, -0.05) is 12.1 Å². The lowest BCUT2D eigenvalue weighted by Crippen LogP contribution is -2.36. The molecule has 2 N–H and O–H groups in total. The topological polar surface area (TPSA) is 160 Å². The highest BCUT2D eigenvalue weighted by Crippen LogP contribution is 2.31. The van der Waals surface area contributed by atoms with Crippen molar-refractivity contribution < 1.29 is 23.9 Å². The minimum absolute atomic E-state index is 0.329. The van der Waals surface area contributed by atoms with E-state index in [1.54, 1.807) is 24.8 Å². The Morgan fingerprint density at radius 2 is 1.10 bits per heavy atom. The molecule has 13 nitrogen and oxygen atoms in total. The van der Waals surface area contributed by atoms with Gasteiger partial charge in [0.05, 0.1) is 34.1 Å². The Hall–Kier alpha value is -4.86. The van der Waals surface area contributed by atoms with Crippen LogP contribution in [-0.4, -0.2) is 81.6 Å². The van der Waals surface area contributed by atoms with E-state index in [-0.39, 0.29) is 22.3 Å². The zero-order valence-corrected chi connectivity index (χ0v) is 27.3. The third-order valence-corrected chi connectivity index (χ3v) is 9.74. The van der Waals surface area contributed by atoms with E-state index < -0.39 is 0 Å². The zero-order valence-electron chi connectivity index (χ0n) is 25.7. The molecule has 4 amide bonds. The van der Waals surface area contributed by atoms with Gasteiger partial charge in [-0.15, -0.1) is 0 Å². The van der Waals surface area contributed by atoms with Crippen molar-refractivity contribution in [1.82, 2.24) is 30.6 Å². The van der Waals surface area contributed by atoms with Gasteiger partial charge >= 0.3 is 0 Å². The summed E-state index contributed by atoms with van der Waals surface area (Å²) in [5.41, 5.74) is 3.42. The predicted molar refractivity (Wildman–Crippen MR) is 186 cm³/mol. The number of morpholine rings is 1. The summed E-state index contributed by atoms with van der Waals surface area (Å²) < 4.78 is 5.39. The van der Waals surface area contributed by atoms with Gasteiger partial charge in [0.1, 0.15) is 24.3 Å². The number of aromatic nitrogens is 4. The molecule has 4 aromatic rings. The Kier molecular flexibility index (Phi) is 9.31. The van der Waals surface area contributed by atoms with Crippen LogP contribution in [0.1, 0.15) is 30.4 Å². The van der Waals surface area contributed by atoms with Crippen molar-refractivity contribution >= 4 is 91.4 Å². The van der Waals surface area contributed by atoms with Crippen molar-refractivity contribution in [2.75, 3.05) is 49.2 Å². The van der Waals surface area contributed by atoms with Crippen molar-refractivity contribution in [2.45, 2.75) is 19.3 Å². The van der Waals surface area contributed by atoms with Crippen molar-refractivity contribution in [2.24, 2.45) is 0 Å². The van der Waals surface area contributed by atoms with Crippen LogP contribution in [0.5, 0.6) is 0 Å². The van der Waals surface area contributed by atoms with E-state index in [1.807, 2.05) is 36.4 Å². The molecule has 2 aromatic carbocycles. The second kappa shape index (κ2) is 14.1. The predicted octanol–water partition coefficient (Wildman–Crippen LogP) is 4.73. The maximum Gasteiger partial charge on any atom is 0.290 e. The molecule has 0 unspecified atom stereocenters. The highest BCUT2D eigenvalue weighted by atomic mass is 32.2. The van der Waals surface area contributed by atoms with E-state index in [1.165, 1.54) is 19.3 Å². The summed E-state index contributed by atoms with van der Waals surface area (Å²) in [4.78, 5) is 68.8. The van der Waals surface area contributed by atoms with Gasteiger partial charge in [-0.2, -0.15) is 0 Å². The summed E-state index contributed by atoms with van der Waals surface area (Å²) in [7, 11) is 0. The average molecular weight is 683 g/mol. The minimum Gasteiger partial charge on any atom is -0.378 e. The van der Waals surface area contributed by atoms with Crippen LogP contribution in [0.3, 0.4) is 0 Å². The van der Waals surface area contributed by atoms with Crippen molar-refractivity contribution in [1.29, 1.82) is 0 Å². The standard InChI is InChI=1S/C17H16N4O2S.C16H14N4O3S/c22-16-14(24-17(23)20-16)9-11-4-5-13-12(8-11)15(19-10-18-13)21-6-2-1-3-7-21;21-15-13(24-16(22)19-15)8-10-1-2-12-11(7-10)14(18-9-17-12)20-3-5-23-6-4-20/h4-5,8-10H,1-3,6-7H2,(H,20,22,23);1-2,7-9H,3-6H2,(H,19,21,22). The lowest BCUT2D eigenvalue weighted by molar-refractivity contribution is -0.116. The normalized spacial score (nSPS) is 20.0. The molecule has 48 heavy (non-hydrogen) atoms. The van der Waals surface area contributed by atoms with Crippen LogP contribution in [0, 0.1) is 0 Å². The first-order valence-corrected chi connectivity index (χ1v) is 17.1. The lowest BCUT2D eigenvalue weighted by Gasteiger charge is -2.28. The Balaban J connectivity index is 0.000000152. The molecule has 4 fully saturated rings. The molecule has 0 bridgehead atoms. The number of imide groups is 2. The molecule has 0 spiro atoms. The zero-order chi connectivity index (χ0) is 33.0. The number of benzene rings is 2. The monoisotopic (exact) mass is 682 g/mol. The first-order chi connectivity index (χ1) is 23.4. The van der Waals surface area contributed by atoms with Crippen molar-refractivity contribution in [3.05, 3.63) is 70.0 Å². The summed E-state index contributed by atoms with van der Waals surface area (Å²) in [6.45, 7) is 4.92. The van der Waals surface area contributed by atoms with Gasteiger partial charge in [-0.3, -0.25) is 29.8 Å². The largest absolute Gasteiger partial charge is 0.378 e. The number of amides is 4. The molecule has 6 heterocycles. The highest BCUT2D eigenvalue weighted by Gasteiger charge is 2.26. The quantitative estimate of drug-likeness (QED) is 0.285. The van der Waals surface area contributed by atoms with E-state index in [9.17, 15) is 19.2 Å². The van der Waals surface area contributed by atoms with Gasteiger partial charge in [0.2, 0.25) is 0 Å². The number of fused-ring (bicyclic) bond motifs is 2. The van der Waals surface area contributed by atoms with E-state index in [4.69, 9.17) is 4.74 Å². The molecule has 15 heteroatoms. The number of hydrogen-bond acceptors (Lipinski definition) is 13. The average Bonchev–Trinajstić information content (AvgIpc) is 3.61. The Morgan fingerprint density at radius 1 is 0.625 bits per heavy atom. The van der Waals surface area contributed by atoms with Gasteiger partial charge in [0.15, 0.2) is 0 Å². The second-order valence-corrected chi connectivity index (χ2v) is 13.3. The maximum atomic E-state index is 11.7. The third-order valence-electron chi connectivity index (χ3n) is 8.12. The highest BCUT2D eigenvalue weighted by molar-refractivity contribution is 8.18. The van der Waals surface area contributed by atoms with E-state index in [2.05, 4.69) is 40.4 Å². The van der Waals surface area contributed by atoms with E-state index >= 15 is 0 Å². The van der Waals surface area contributed by atoms with Gasteiger partial charge in [0, 0.05) is 37.0 Å². The summed E-state index contributed by atoms with van der Waals surface area (Å²) in [5.74, 6) is 1.11. The van der Waals surface area contributed by atoms with Gasteiger partial charge in [-0.25, -0.2) is 19.9 Å². The molecule has 0 radical (unpaired) electrons. The number of thioether (sulfide) groups is 2. The number of rotatable bonds is 4. The Bertz CT molecular complexity index is 1860. The molecule has 0 aliphatic carbocycles. The maximum absolute atomic E-state index is 11.7. The number of nitrogens with zero attached hydrogens (tertiary/aromatic N) is 6. The molecule has 4 aliphatic rings. The van der Waals surface area contributed by atoms with E-state index in [0.717, 1.165) is 94.3 Å². The van der Waals surface area contributed by atoms with Crippen LogP contribution in [0.15, 0.2) is 58.9 Å². The van der Waals surface area contributed by atoms with Gasteiger partial charge < -0.3 is 14.5 Å². The van der Waals surface area contributed by atoms with Crippen LogP contribution >= 0.6 is 23.5 Å². The van der Waals surface area contributed by atoms with E-state index in [0.29, 0.717) is 23.0 Å². The van der Waals surface area contributed by atoms with Gasteiger partial charge in [0.25, 0.3) is 22.3 Å². The molecular formula is C33H30N8O5S2. The fourth-order valence-corrected chi connectivity index (χ4v) is 7.19. The first kappa shape index (κ1) is 31.7. The number of anilines is 2. The molecule has 244 valence electrons. The number of piperidine rings is 1. The second-order valence-electron chi connectivity index (χ2n) is 11.3. The molecule has 4 aliphatic heterocycles. The number of hydrogen-bond donors (Lipinski definition) is 2. The molecule has 0 atom stereocenters. The Labute approximate surface area is 283 Å². The van der Waals surface area contributed by atoms with Crippen LogP contribution in [0.2, 0.25) is 0 Å². The summed E-state index contributed by atoms with van der Waals surface area (Å²) in [6, 6.07) is 11.5. The number of carbonyl (C=O) groups is 4. The third kappa shape index (κ3) is 7.02. The summed E-state index contributed by atoms with van der Waals surface area (Å²) in [5, 5.41) is 5.75. The molecule has 4 saturated heterocycles. The van der Waals surface area contributed by atoms with Gasteiger partial charge in [-0.05, 0) is 90.3 Å². The fraction of sp³-hybridized carbons (Fsp3) is 0.273. The minimum atomic E-state index is -0.359. The summed E-state index contributed by atoms with van der Waals surface area (Å²) in [6.07, 6.45) is 10.2. The molecule has 2 aromatic heterocycles. The number of carbonyl (C=O) groups excluding carboxylic acids is 4. The SMILES string of the molecule is O=C1NC(=O)C(=Cc2ccc3ncnc(N4CCCCC4)c3c2)S1.O=C1NC(=O)C(=Cc2ccc3ncnc(N4CCOCC4)c3c2)S1. The molecule has 8 rings (SSSR count). The van der Waals surface area contributed by atoms with Crippen LogP contribution in [0.4, 0.5) is 21.2 Å². The smallest absolute Gasteiger partial charge is 0.290 e. The number of nitrogens with one attached hydrogen (secondary N) is 2. The van der Waals surface area contributed by atoms with Crippen LogP contribution in [-0.2, 0) is 14.3 Å². The van der Waals surface area contributed by atoms with Crippen molar-refractivity contribution in [3.8, 4) is 0 Å². The Morgan fingerprint density at radius 3 is 1.56 bits per heavy atom. The number of ether oxygens (including phenoxy) is 1.